The van der Waals surface area contributed by atoms with Gasteiger partial charge in [-0.05, 0) is 19.8 Å². The summed E-state index contributed by atoms with van der Waals surface area (Å²) in [4.78, 5) is 11.7. The van der Waals surface area contributed by atoms with E-state index < -0.39 is 0 Å². The number of hydrogen-bond acceptors (Lipinski definition) is 3. The lowest BCUT2D eigenvalue weighted by Crippen LogP contribution is -2.22. The van der Waals surface area contributed by atoms with Crippen LogP contribution in [0.2, 0.25) is 0 Å². The van der Waals surface area contributed by atoms with E-state index in [9.17, 15) is 9.90 Å². The third kappa shape index (κ3) is 17.0. The summed E-state index contributed by atoms with van der Waals surface area (Å²) in [6, 6.07) is 0. The predicted molar refractivity (Wildman–Crippen MR) is 112 cm³/mol. The monoisotopic (exact) mass is 370 g/mol. The summed E-state index contributed by atoms with van der Waals surface area (Å²) in [6.45, 7) is 6.95. The fourth-order valence-electron chi connectivity index (χ4n) is 3.34. The molecule has 0 heterocycles. The fourth-order valence-corrected chi connectivity index (χ4v) is 3.34. The van der Waals surface area contributed by atoms with Gasteiger partial charge in [0.25, 0.3) is 0 Å². The molecule has 0 aromatic carbocycles. The normalized spacial score (nSPS) is 13.7. The lowest BCUT2D eigenvalue weighted by molar-refractivity contribution is -0.123. The maximum absolute atomic E-state index is 11.7. The minimum absolute atomic E-state index is 0.00626. The predicted octanol–water partition coefficient (Wildman–Crippen LogP) is 6.46. The Hall–Kier alpha value is -0.410. The number of Topliss-reactive ketones (excluding diaryl/α,β-unsaturated/α-hetero) is 1. The first-order chi connectivity index (χ1) is 12.6. The van der Waals surface area contributed by atoms with Gasteiger partial charge in [0.05, 0.1) is 19.3 Å². The summed E-state index contributed by atoms with van der Waals surface area (Å²) < 4.78 is 5.64. The van der Waals surface area contributed by atoms with Gasteiger partial charge in [0, 0.05) is 5.92 Å². The average Bonchev–Trinajstić information content (AvgIpc) is 2.62. The van der Waals surface area contributed by atoms with Gasteiger partial charge in [-0.2, -0.15) is 0 Å². The van der Waals surface area contributed by atoms with Crippen molar-refractivity contribution >= 4 is 5.78 Å². The van der Waals surface area contributed by atoms with Crippen LogP contribution in [0.3, 0.4) is 0 Å². The zero-order valence-electron chi connectivity index (χ0n) is 17.9. The Morgan fingerprint density at radius 2 is 1.19 bits per heavy atom. The van der Waals surface area contributed by atoms with Crippen LogP contribution in [-0.4, -0.2) is 30.2 Å². The Balaban J connectivity index is 3.55. The maximum atomic E-state index is 11.7. The van der Waals surface area contributed by atoms with Crippen LogP contribution in [0.4, 0.5) is 0 Å². The standard InChI is InChI=1S/C23H46O3/c1-4-6-8-10-11-12-13-14-16-18-23(25)20-26-19-22(21(3)24)17-15-9-7-5-2/h22-23,25H,4-20H2,1-3H3/t22?,23-/m1/s1. The van der Waals surface area contributed by atoms with Crippen molar-refractivity contribution in [3.63, 3.8) is 0 Å². The van der Waals surface area contributed by atoms with E-state index in [1.807, 2.05) is 0 Å². The molecule has 0 fully saturated rings. The van der Waals surface area contributed by atoms with Crippen molar-refractivity contribution in [2.75, 3.05) is 13.2 Å². The van der Waals surface area contributed by atoms with E-state index in [-0.39, 0.29) is 17.8 Å². The van der Waals surface area contributed by atoms with E-state index in [2.05, 4.69) is 13.8 Å². The van der Waals surface area contributed by atoms with Gasteiger partial charge in [0.15, 0.2) is 0 Å². The molecule has 0 aliphatic carbocycles. The van der Waals surface area contributed by atoms with Gasteiger partial charge in [-0.1, -0.05) is 97.3 Å². The lowest BCUT2D eigenvalue weighted by atomic mass is 9.98. The SMILES string of the molecule is CCCCCCCCCCC[C@@H](O)COCC(CCCCCC)C(C)=O. The van der Waals surface area contributed by atoms with Crippen molar-refractivity contribution in [1.29, 1.82) is 0 Å². The minimum Gasteiger partial charge on any atom is -0.391 e. The van der Waals surface area contributed by atoms with E-state index in [0.717, 1.165) is 25.7 Å². The van der Waals surface area contributed by atoms with Crippen molar-refractivity contribution in [2.45, 2.75) is 123 Å². The second kappa shape index (κ2) is 19.4. The summed E-state index contributed by atoms with van der Waals surface area (Å²) in [7, 11) is 0. The number of aliphatic hydroxyl groups is 1. The highest BCUT2D eigenvalue weighted by Gasteiger charge is 2.15. The van der Waals surface area contributed by atoms with Crippen LogP contribution in [0.1, 0.15) is 117 Å². The molecule has 26 heavy (non-hydrogen) atoms. The van der Waals surface area contributed by atoms with Crippen LogP contribution in [0.25, 0.3) is 0 Å². The van der Waals surface area contributed by atoms with Crippen molar-refractivity contribution in [1.82, 2.24) is 0 Å². The first kappa shape index (κ1) is 25.6. The Labute approximate surface area is 163 Å². The number of carbonyl (C=O) groups is 1. The van der Waals surface area contributed by atoms with Gasteiger partial charge in [0.2, 0.25) is 0 Å². The molecular formula is C23H46O3. The highest BCUT2D eigenvalue weighted by molar-refractivity contribution is 5.78. The van der Waals surface area contributed by atoms with Crippen LogP contribution in [0, 0.1) is 5.92 Å². The lowest BCUT2D eigenvalue weighted by Gasteiger charge is -2.16. The van der Waals surface area contributed by atoms with Crippen LogP contribution >= 0.6 is 0 Å². The molecule has 156 valence electrons. The van der Waals surface area contributed by atoms with Crippen LogP contribution in [0.5, 0.6) is 0 Å². The summed E-state index contributed by atoms with van der Waals surface area (Å²) in [5, 5.41) is 10.0. The highest BCUT2D eigenvalue weighted by Crippen LogP contribution is 2.14. The van der Waals surface area contributed by atoms with Gasteiger partial charge in [0.1, 0.15) is 5.78 Å². The Kier molecular flexibility index (Phi) is 19.0. The maximum Gasteiger partial charge on any atom is 0.135 e. The van der Waals surface area contributed by atoms with Crippen LogP contribution < -0.4 is 0 Å². The average molecular weight is 371 g/mol. The van der Waals surface area contributed by atoms with Crippen LogP contribution in [0.15, 0.2) is 0 Å². The second-order valence-corrected chi connectivity index (χ2v) is 7.97. The number of aliphatic hydroxyl groups excluding tert-OH is 1. The zero-order chi connectivity index (χ0) is 19.5. The molecule has 0 spiro atoms. The Morgan fingerprint density at radius 3 is 1.73 bits per heavy atom. The number of rotatable bonds is 20. The molecule has 0 bridgehead atoms. The molecule has 0 rings (SSSR count). The summed E-state index contributed by atoms with van der Waals surface area (Å²) in [5.74, 6) is 0.224. The molecule has 0 amide bonds. The molecular weight excluding hydrogens is 324 g/mol. The van der Waals surface area contributed by atoms with Crippen molar-refractivity contribution in [2.24, 2.45) is 5.92 Å². The quantitative estimate of drug-likeness (QED) is 0.250. The molecule has 0 aromatic heterocycles. The summed E-state index contributed by atoms with van der Waals surface area (Å²) in [5.41, 5.74) is 0. The van der Waals surface area contributed by atoms with Crippen molar-refractivity contribution < 1.29 is 14.6 Å². The van der Waals surface area contributed by atoms with Gasteiger partial charge in [-0.3, -0.25) is 4.79 Å². The molecule has 0 saturated carbocycles. The number of ketones is 1. The molecule has 0 aromatic rings. The Bertz CT molecular complexity index is 304. The third-order valence-electron chi connectivity index (χ3n) is 5.25. The fraction of sp³-hybridized carbons (Fsp3) is 0.957. The number of carbonyl (C=O) groups excluding carboxylic acids is 1. The van der Waals surface area contributed by atoms with E-state index in [1.165, 1.54) is 70.6 Å². The highest BCUT2D eigenvalue weighted by atomic mass is 16.5. The number of unbranched alkanes of at least 4 members (excludes halogenated alkanes) is 11. The van der Waals surface area contributed by atoms with Gasteiger partial charge in [-0.15, -0.1) is 0 Å². The molecule has 0 aliphatic rings. The van der Waals surface area contributed by atoms with E-state index in [4.69, 9.17) is 4.74 Å². The second-order valence-electron chi connectivity index (χ2n) is 7.97. The van der Waals surface area contributed by atoms with Crippen molar-refractivity contribution in [3.8, 4) is 0 Å². The molecule has 0 radical (unpaired) electrons. The van der Waals surface area contributed by atoms with Crippen LogP contribution in [-0.2, 0) is 9.53 Å². The summed E-state index contributed by atoms with van der Waals surface area (Å²) in [6.07, 6.45) is 17.8. The van der Waals surface area contributed by atoms with E-state index >= 15 is 0 Å². The van der Waals surface area contributed by atoms with Crippen molar-refractivity contribution in [3.05, 3.63) is 0 Å². The van der Waals surface area contributed by atoms with Gasteiger partial charge >= 0.3 is 0 Å². The third-order valence-corrected chi connectivity index (χ3v) is 5.25. The molecule has 3 heteroatoms. The molecule has 1 unspecified atom stereocenters. The molecule has 3 nitrogen and oxygen atoms in total. The van der Waals surface area contributed by atoms with E-state index in [0.29, 0.717) is 13.2 Å². The minimum atomic E-state index is -0.382. The largest absolute Gasteiger partial charge is 0.391 e. The van der Waals surface area contributed by atoms with Gasteiger partial charge in [-0.25, -0.2) is 0 Å². The molecule has 2 atom stereocenters. The van der Waals surface area contributed by atoms with E-state index in [1.54, 1.807) is 6.92 Å². The summed E-state index contributed by atoms with van der Waals surface area (Å²) >= 11 is 0. The molecule has 0 saturated heterocycles. The Morgan fingerprint density at radius 1 is 0.731 bits per heavy atom. The molecule has 0 aliphatic heterocycles. The zero-order valence-corrected chi connectivity index (χ0v) is 17.9. The number of hydrogen-bond donors (Lipinski definition) is 1. The first-order valence-electron chi connectivity index (χ1n) is 11.4. The molecule has 1 N–H and O–H groups in total. The topological polar surface area (TPSA) is 46.5 Å². The number of ether oxygens (including phenoxy) is 1. The smallest absolute Gasteiger partial charge is 0.135 e. The first-order valence-corrected chi connectivity index (χ1v) is 11.4. The van der Waals surface area contributed by atoms with Gasteiger partial charge < -0.3 is 9.84 Å².